The van der Waals surface area contributed by atoms with Gasteiger partial charge in [0.25, 0.3) is 5.91 Å². The van der Waals surface area contributed by atoms with Crippen molar-refractivity contribution in [2.24, 2.45) is 5.73 Å². The van der Waals surface area contributed by atoms with E-state index >= 15 is 0 Å². The van der Waals surface area contributed by atoms with Gasteiger partial charge in [-0.1, -0.05) is 45.8 Å². The smallest absolute Gasteiger partial charge is 0.255 e. The lowest BCUT2D eigenvalue weighted by atomic mass is 10.0. The second-order valence-electron chi connectivity index (χ2n) is 4.83. The molecule has 0 spiro atoms. The number of hydrogen-bond donors (Lipinski definition) is 2. The Kier molecular flexibility index (Phi) is 4.75. The molecule has 0 radical (unpaired) electrons. The van der Waals surface area contributed by atoms with Crippen LogP contribution in [0, 0.1) is 13.8 Å². The van der Waals surface area contributed by atoms with Crippen LogP contribution >= 0.6 is 28.1 Å². The van der Waals surface area contributed by atoms with Gasteiger partial charge in [-0.3, -0.25) is 4.79 Å². The molecule has 108 valence electrons. The maximum Gasteiger partial charge on any atom is 0.255 e. The van der Waals surface area contributed by atoms with Crippen LogP contribution in [0.4, 0.5) is 5.69 Å². The second-order valence-corrected chi connectivity index (χ2v) is 6.18. The molecular weight excluding hydrogens is 348 g/mol. The summed E-state index contributed by atoms with van der Waals surface area (Å²) in [6.07, 6.45) is 0. The Morgan fingerprint density at radius 3 is 2.52 bits per heavy atom. The van der Waals surface area contributed by atoms with Gasteiger partial charge in [-0.15, -0.1) is 0 Å². The zero-order valence-electron chi connectivity index (χ0n) is 11.7. The normalized spacial score (nSPS) is 10.2. The Morgan fingerprint density at radius 2 is 1.86 bits per heavy atom. The van der Waals surface area contributed by atoms with Gasteiger partial charge < -0.3 is 11.1 Å². The Bertz CT molecular complexity index is 728. The summed E-state index contributed by atoms with van der Waals surface area (Å²) >= 11 is 8.40. The molecule has 0 aromatic heterocycles. The summed E-state index contributed by atoms with van der Waals surface area (Å²) in [4.78, 5) is 12.7. The highest BCUT2D eigenvalue weighted by atomic mass is 79.9. The summed E-state index contributed by atoms with van der Waals surface area (Å²) in [7, 11) is 0. The van der Waals surface area contributed by atoms with E-state index in [9.17, 15) is 4.79 Å². The molecule has 2 aromatic carbocycles. The van der Waals surface area contributed by atoms with E-state index in [1.807, 2.05) is 38.1 Å². The molecule has 0 bridgehead atoms. The van der Waals surface area contributed by atoms with E-state index in [2.05, 4.69) is 21.2 Å². The van der Waals surface area contributed by atoms with Gasteiger partial charge in [0.2, 0.25) is 0 Å². The number of aryl methyl sites for hydroxylation is 2. The molecule has 3 N–H and O–H groups in total. The van der Waals surface area contributed by atoms with E-state index in [0.29, 0.717) is 16.8 Å². The van der Waals surface area contributed by atoms with Gasteiger partial charge in [0.15, 0.2) is 0 Å². The molecule has 0 fully saturated rings. The van der Waals surface area contributed by atoms with Crippen molar-refractivity contribution in [1.82, 2.24) is 0 Å². The average molecular weight is 363 g/mol. The highest BCUT2D eigenvalue weighted by molar-refractivity contribution is 9.10. The molecule has 0 aliphatic carbocycles. The molecule has 0 saturated heterocycles. The third-order valence-electron chi connectivity index (χ3n) is 3.13. The Labute approximate surface area is 137 Å². The van der Waals surface area contributed by atoms with Crippen LogP contribution < -0.4 is 11.1 Å². The highest BCUT2D eigenvalue weighted by Gasteiger charge is 2.13. The number of nitrogens with one attached hydrogen (secondary N) is 1. The first kappa shape index (κ1) is 15.7. The molecular formula is C16H15BrN2OS. The van der Waals surface area contributed by atoms with Crippen LogP contribution in [0.5, 0.6) is 0 Å². The fourth-order valence-corrected chi connectivity index (χ4v) is 2.53. The third kappa shape index (κ3) is 3.68. The van der Waals surface area contributed by atoms with Gasteiger partial charge in [0, 0.05) is 15.6 Å². The topological polar surface area (TPSA) is 55.1 Å². The van der Waals surface area contributed by atoms with E-state index < -0.39 is 0 Å². The molecule has 5 heteroatoms. The standard InChI is InChI=1S/C16H15BrN2OS/c1-9-3-4-10(2)12(7-9)16(20)19-14-6-5-11(17)8-13(14)15(18)21/h3-8H,1-2H3,(H2,18,21)(H,19,20). The van der Waals surface area contributed by atoms with Gasteiger partial charge >= 0.3 is 0 Å². The zero-order valence-corrected chi connectivity index (χ0v) is 14.1. The number of benzene rings is 2. The van der Waals surface area contributed by atoms with Crippen LogP contribution in [0.15, 0.2) is 40.9 Å². The molecule has 0 aliphatic heterocycles. The summed E-state index contributed by atoms with van der Waals surface area (Å²) in [6.45, 7) is 3.86. The van der Waals surface area contributed by atoms with Gasteiger partial charge in [0.05, 0.1) is 5.69 Å². The van der Waals surface area contributed by atoms with Crippen LogP contribution in [0.1, 0.15) is 27.0 Å². The first-order valence-electron chi connectivity index (χ1n) is 6.36. The first-order valence-corrected chi connectivity index (χ1v) is 7.56. The van der Waals surface area contributed by atoms with Crippen LogP contribution in [-0.4, -0.2) is 10.9 Å². The van der Waals surface area contributed by atoms with E-state index in [0.717, 1.165) is 15.6 Å². The number of carbonyl (C=O) groups is 1. The number of thiocarbonyl (C=S) groups is 1. The lowest BCUT2D eigenvalue weighted by Gasteiger charge is -2.12. The number of carbonyl (C=O) groups excluding carboxylic acids is 1. The fraction of sp³-hybridized carbons (Fsp3) is 0.125. The highest BCUT2D eigenvalue weighted by Crippen LogP contribution is 2.22. The molecule has 1 amide bonds. The van der Waals surface area contributed by atoms with E-state index in [1.54, 1.807) is 12.1 Å². The minimum absolute atomic E-state index is 0.170. The average Bonchev–Trinajstić information content (AvgIpc) is 2.43. The van der Waals surface area contributed by atoms with Gasteiger partial charge in [-0.05, 0) is 43.7 Å². The van der Waals surface area contributed by atoms with Crippen LogP contribution in [0.25, 0.3) is 0 Å². The van der Waals surface area contributed by atoms with Crippen LogP contribution in [0.2, 0.25) is 0 Å². The SMILES string of the molecule is Cc1ccc(C)c(C(=O)Nc2ccc(Br)cc2C(N)=S)c1. The molecule has 21 heavy (non-hydrogen) atoms. The maximum absolute atomic E-state index is 12.4. The summed E-state index contributed by atoms with van der Waals surface area (Å²) in [5.41, 5.74) is 9.56. The van der Waals surface area contributed by atoms with Gasteiger partial charge in [0.1, 0.15) is 4.99 Å². The van der Waals surface area contributed by atoms with E-state index in [1.165, 1.54) is 0 Å². The molecule has 0 atom stereocenters. The van der Waals surface area contributed by atoms with E-state index in [-0.39, 0.29) is 10.9 Å². The number of nitrogens with two attached hydrogens (primary N) is 1. The van der Waals surface area contributed by atoms with Gasteiger partial charge in [-0.2, -0.15) is 0 Å². The maximum atomic E-state index is 12.4. The summed E-state index contributed by atoms with van der Waals surface area (Å²) in [6, 6.07) is 11.2. The van der Waals surface area contributed by atoms with Crippen molar-refractivity contribution >= 4 is 44.7 Å². The van der Waals surface area contributed by atoms with Crippen molar-refractivity contribution in [1.29, 1.82) is 0 Å². The number of rotatable bonds is 3. The van der Waals surface area contributed by atoms with Crippen molar-refractivity contribution in [3.63, 3.8) is 0 Å². The number of anilines is 1. The van der Waals surface area contributed by atoms with E-state index in [4.69, 9.17) is 18.0 Å². The third-order valence-corrected chi connectivity index (χ3v) is 3.85. The molecule has 0 heterocycles. The number of hydrogen-bond acceptors (Lipinski definition) is 2. The number of halogens is 1. The second kappa shape index (κ2) is 6.37. The predicted octanol–water partition coefficient (Wildman–Crippen LogP) is 3.95. The van der Waals surface area contributed by atoms with Crippen molar-refractivity contribution in [3.8, 4) is 0 Å². The first-order chi connectivity index (χ1) is 9.88. The zero-order chi connectivity index (χ0) is 15.6. The van der Waals surface area contributed by atoms with Crippen molar-refractivity contribution in [2.45, 2.75) is 13.8 Å². The quantitative estimate of drug-likeness (QED) is 0.812. The van der Waals surface area contributed by atoms with Crippen LogP contribution in [-0.2, 0) is 0 Å². The van der Waals surface area contributed by atoms with Crippen molar-refractivity contribution < 1.29 is 4.79 Å². The Hall–Kier alpha value is -1.72. The minimum Gasteiger partial charge on any atom is -0.389 e. The van der Waals surface area contributed by atoms with Crippen molar-refractivity contribution in [2.75, 3.05) is 5.32 Å². The fourth-order valence-electron chi connectivity index (χ4n) is 2.00. The molecule has 0 saturated carbocycles. The molecule has 2 rings (SSSR count). The molecule has 3 nitrogen and oxygen atoms in total. The largest absolute Gasteiger partial charge is 0.389 e. The Balaban J connectivity index is 2.36. The predicted molar refractivity (Wildman–Crippen MR) is 93.9 cm³/mol. The molecule has 0 aliphatic rings. The van der Waals surface area contributed by atoms with Crippen molar-refractivity contribution in [3.05, 3.63) is 63.1 Å². The Morgan fingerprint density at radius 1 is 1.14 bits per heavy atom. The molecule has 2 aromatic rings. The summed E-state index contributed by atoms with van der Waals surface area (Å²) in [5.74, 6) is -0.170. The lowest BCUT2D eigenvalue weighted by molar-refractivity contribution is 0.102. The summed E-state index contributed by atoms with van der Waals surface area (Å²) < 4.78 is 0.857. The monoisotopic (exact) mass is 362 g/mol. The summed E-state index contributed by atoms with van der Waals surface area (Å²) in [5, 5.41) is 2.88. The number of amides is 1. The lowest BCUT2D eigenvalue weighted by Crippen LogP contribution is -2.18. The molecule has 0 unspecified atom stereocenters. The minimum atomic E-state index is -0.170. The van der Waals surface area contributed by atoms with Gasteiger partial charge in [-0.25, -0.2) is 0 Å². The van der Waals surface area contributed by atoms with Crippen LogP contribution in [0.3, 0.4) is 0 Å².